The summed E-state index contributed by atoms with van der Waals surface area (Å²) in [6, 6.07) is 12.0. The van der Waals surface area contributed by atoms with E-state index in [0.29, 0.717) is 15.6 Å². The van der Waals surface area contributed by atoms with Gasteiger partial charge in [0.15, 0.2) is 5.78 Å². The molecule has 0 saturated heterocycles. The summed E-state index contributed by atoms with van der Waals surface area (Å²) in [5.41, 5.74) is 2.13. The Bertz CT molecular complexity index is 576. The zero-order valence-electron chi connectivity index (χ0n) is 9.91. The van der Waals surface area contributed by atoms with Crippen molar-refractivity contribution in [1.29, 1.82) is 0 Å². The highest BCUT2D eigenvalue weighted by Crippen LogP contribution is 2.17. The van der Waals surface area contributed by atoms with Crippen LogP contribution in [-0.4, -0.2) is 5.78 Å². The molecule has 0 heterocycles. The van der Waals surface area contributed by atoms with Gasteiger partial charge in [0.2, 0.25) is 0 Å². The predicted octanol–water partition coefficient (Wildman–Crippen LogP) is 4.32. The van der Waals surface area contributed by atoms with Gasteiger partial charge in [0.25, 0.3) is 0 Å². The van der Waals surface area contributed by atoms with Crippen molar-refractivity contribution in [2.24, 2.45) is 0 Å². The standard InChI is InChI=1S/C15H12BrFO/c1-10-2-4-11(5-3-10)15(18)8-12-6-7-13(16)9-14(12)17/h2-7,9H,8H2,1H3. The van der Waals surface area contributed by atoms with Gasteiger partial charge in [-0.15, -0.1) is 0 Å². The van der Waals surface area contributed by atoms with Gasteiger partial charge in [-0.2, -0.15) is 0 Å². The quantitative estimate of drug-likeness (QED) is 0.772. The van der Waals surface area contributed by atoms with Crippen molar-refractivity contribution in [2.75, 3.05) is 0 Å². The number of carbonyl (C=O) groups is 1. The lowest BCUT2D eigenvalue weighted by Gasteiger charge is -2.04. The largest absolute Gasteiger partial charge is 0.294 e. The van der Waals surface area contributed by atoms with Gasteiger partial charge < -0.3 is 0 Å². The predicted molar refractivity (Wildman–Crippen MR) is 73.3 cm³/mol. The third kappa shape index (κ3) is 3.05. The van der Waals surface area contributed by atoms with Gasteiger partial charge in [0.1, 0.15) is 5.82 Å². The average Bonchev–Trinajstić information content (AvgIpc) is 2.33. The van der Waals surface area contributed by atoms with Crippen LogP contribution in [0.4, 0.5) is 4.39 Å². The number of rotatable bonds is 3. The molecule has 0 unspecified atom stereocenters. The van der Waals surface area contributed by atoms with Crippen LogP contribution in [0, 0.1) is 12.7 Å². The molecule has 92 valence electrons. The van der Waals surface area contributed by atoms with Crippen LogP contribution in [0.5, 0.6) is 0 Å². The number of aryl methyl sites for hydroxylation is 1. The van der Waals surface area contributed by atoms with Gasteiger partial charge >= 0.3 is 0 Å². The molecule has 0 saturated carbocycles. The van der Waals surface area contributed by atoms with Crippen molar-refractivity contribution in [2.45, 2.75) is 13.3 Å². The average molecular weight is 307 g/mol. The second-order valence-electron chi connectivity index (χ2n) is 4.20. The zero-order chi connectivity index (χ0) is 13.1. The van der Waals surface area contributed by atoms with E-state index in [2.05, 4.69) is 15.9 Å². The first-order chi connectivity index (χ1) is 8.56. The van der Waals surface area contributed by atoms with Crippen LogP contribution in [0.2, 0.25) is 0 Å². The molecular formula is C15H12BrFO. The summed E-state index contributed by atoms with van der Waals surface area (Å²) < 4.78 is 14.3. The number of ketones is 1. The molecule has 1 nitrogen and oxygen atoms in total. The molecule has 0 amide bonds. The van der Waals surface area contributed by atoms with E-state index in [9.17, 15) is 9.18 Å². The Hall–Kier alpha value is -1.48. The van der Waals surface area contributed by atoms with E-state index in [1.165, 1.54) is 6.07 Å². The van der Waals surface area contributed by atoms with Crippen molar-refractivity contribution >= 4 is 21.7 Å². The maximum Gasteiger partial charge on any atom is 0.167 e. The van der Waals surface area contributed by atoms with E-state index < -0.39 is 0 Å². The monoisotopic (exact) mass is 306 g/mol. The summed E-state index contributed by atoms with van der Waals surface area (Å²) >= 11 is 3.19. The normalized spacial score (nSPS) is 10.4. The van der Waals surface area contributed by atoms with Crippen LogP contribution < -0.4 is 0 Å². The Balaban J connectivity index is 2.18. The highest BCUT2D eigenvalue weighted by atomic mass is 79.9. The molecule has 18 heavy (non-hydrogen) atoms. The first-order valence-electron chi connectivity index (χ1n) is 5.60. The van der Waals surface area contributed by atoms with Gasteiger partial charge in [0.05, 0.1) is 0 Å². The van der Waals surface area contributed by atoms with E-state index in [0.717, 1.165) is 5.56 Å². The van der Waals surface area contributed by atoms with Crippen molar-refractivity contribution in [3.63, 3.8) is 0 Å². The van der Waals surface area contributed by atoms with Crippen molar-refractivity contribution in [3.8, 4) is 0 Å². The van der Waals surface area contributed by atoms with Crippen LogP contribution >= 0.6 is 15.9 Å². The number of carbonyl (C=O) groups excluding carboxylic acids is 1. The third-order valence-corrected chi connectivity index (χ3v) is 3.23. The number of halogens is 2. The second-order valence-corrected chi connectivity index (χ2v) is 5.12. The first kappa shape index (κ1) is 13.0. The summed E-state index contributed by atoms with van der Waals surface area (Å²) in [7, 11) is 0. The van der Waals surface area contributed by atoms with E-state index in [-0.39, 0.29) is 18.0 Å². The number of hydrogen-bond acceptors (Lipinski definition) is 1. The molecule has 0 radical (unpaired) electrons. The Morgan fingerprint density at radius 2 is 1.83 bits per heavy atom. The SMILES string of the molecule is Cc1ccc(C(=O)Cc2ccc(Br)cc2F)cc1. The molecule has 0 N–H and O–H groups in total. The van der Waals surface area contributed by atoms with Crippen LogP contribution in [0.15, 0.2) is 46.9 Å². The number of benzene rings is 2. The lowest BCUT2D eigenvalue weighted by Crippen LogP contribution is -2.05. The van der Waals surface area contributed by atoms with Crippen molar-refractivity contribution in [1.82, 2.24) is 0 Å². The lowest BCUT2D eigenvalue weighted by atomic mass is 10.0. The van der Waals surface area contributed by atoms with E-state index in [1.54, 1.807) is 24.3 Å². The fraction of sp³-hybridized carbons (Fsp3) is 0.133. The summed E-state index contributed by atoms with van der Waals surface area (Å²) in [6.07, 6.45) is 0.0855. The summed E-state index contributed by atoms with van der Waals surface area (Å²) in [4.78, 5) is 12.0. The van der Waals surface area contributed by atoms with Crippen molar-refractivity contribution < 1.29 is 9.18 Å². The molecule has 0 aliphatic carbocycles. The van der Waals surface area contributed by atoms with Crippen LogP contribution in [0.1, 0.15) is 21.5 Å². The maximum absolute atomic E-state index is 13.6. The Kier molecular flexibility index (Phi) is 3.92. The van der Waals surface area contributed by atoms with Crippen LogP contribution in [0.3, 0.4) is 0 Å². The van der Waals surface area contributed by atoms with Crippen molar-refractivity contribution in [3.05, 3.63) is 69.4 Å². The molecule has 2 aromatic carbocycles. The minimum atomic E-state index is -0.357. The highest BCUT2D eigenvalue weighted by Gasteiger charge is 2.10. The molecule has 0 bridgehead atoms. The molecule has 0 spiro atoms. The molecule has 0 atom stereocenters. The molecule has 2 aromatic rings. The van der Waals surface area contributed by atoms with Gasteiger partial charge in [-0.3, -0.25) is 4.79 Å². The molecular weight excluding hydrogens is 295 g/mol. The first-order valence-corrected chi connectivity index (χ1v) is 6.39. The van der Waals surface area contributed by atoms with Gasteiger partial charge in [-0.1, -0.05) is 51.8 Å². The molecule has 0 aromatic heterocycles. The topological polar surface area (TPSA) is 17.1 Å². The maximum atomic E-state index is 13.6. The summed E-state index contributed by atoms with van der Waals surface area (Å²) in [5.74, 6) is -0.430. The molecule has 3 heteroatoms. The summed E-state index contributed by atoms with van der Waals surface area (Å²) in [6.45, 7) is 1.96. The minimum Gasteiger partial charge on any atom is -0.294 e. The molecule has 0 aliphatic heterocycles. The fourth-order valence-corrected chi connectivity index (χ4v) is 2.01. The fourth-order valence-electron chi connectivity index (χ4n) is 1.68. The smallest absolute Gasteiger partial charge is 0.167 e. The molecule has 0 aliphatic rings. The number of hydrogen-bond donors (Lipinski definition) is 0. The van der Waals surface area contributed by atoms with Gasteiger partial charge in [-0.25, -0.2) is 4.39 Å². The highest BCUT2D eigenvalue weighted by molar-refractivity contribution is 9.10. The number of Topliss-reactive ketones (excluding diaryl/α,β-unsaturated/α-hetero) is 1. The van der Waals surface area contributed by atoms with Gasteiger partial charge in [-0.05, 0) is 24.6 Å². The van der Waals surface area contributed by atoms with Gasteiger partial charge in [0, 0.05) is 16.5 Å². The minimum absolute atomic E-state index is 0.0729. The summed E-state index contributed by atoms with van der Waals surface area (Å²) in [5, 5.41) is 0. The van der Waals surface area contributed by atoms with Crippen LogP contribution in [0.25, 0.3) is 0 Å². The van der Waals surface area contributed by atoms with E-state index in [4.69, 9.17) is 0 Å². The lowest BCUT2D eigenvalue weighted by molar-refractivity contribution is 0.0992. The Morgan fingerprint density at radius 1 is 1.17 bits per heavy atom. The zero-order valence-corrected chi connectivity index (χ0v) is 11.5. The van der Waals surface area contributed by atoms with Crippen LogP contribution in [-0.2, 0) is 6.42 Å². The molecule has 2 rings (SSSR count). The second kappa shape index (κ2) is 5.44. The Morgan fingerprint density at radius 3 is 2.44 bits per heavy atom. The third-order valence-electron chi connectivity index (χ3n) is 2.74. The Labute approximate surface area is 114 Å². The molecule has 0 fully saturated rings. The van der Waals surface area contributed by atoms with E-state index in [1.807, 2.05) is 19.1 Å². The van der Waals surface area contributed by atoms with E-state index >= 15 is 0 Å².